The van der Waals surface area contributed by atoms with Gasteiger partial charge in [0.15, 0.2) is 23.1 Å². The smallest absolute Gasteiger partial charge is 0.254 e. The molecule has 130 valence electrons. The molecule has 1 atom stereocenters. The number of hydrogen-bond acceptors (Lipinski definition) is 3. The first-order valence-electron chi connectivity index (χ1n) is 8.29. The number of hydrogen-bond donors (Lipinski definition) is 0. The summed E-state index contributed by atoms with van der Waals surface area (Å²) < 4.78 is 37.7. The quantitative estimate of drug-likeness (QED) is 0.833. The molecule has 6 heteroatoms. The van der Waals surface area contributed by atoms with Crippen LogP contribution in [0.15, 0.2) is 36.4 Å². The minimum absolute atomic E-state index is 0.114. The van der Waals surface area contributed by atoms with Crippen LogP contribution in [0.3, 0.4) is 0 Å². The van der Waals surface area contributed by atoms with Gasteiger partial charge in [-0.05, 0) is 48.7 Å². The maximum absolute atomic E-state index is 13.5. The van der Waals surface area contributed by atoms with Gasteiger partial charge in [0.1, 0.15) is 13.2 Å². The number of halogens is 2. The second-order valence-electron chi connectivity index (χ2n) is 6.19. The Balaban J connectivity index is 1.61. The maximum Gasteiger partial charge on any atom is 0.254 e. The van der Waals surface area contributed by atoms with Crippen LogP contribution in [-0.4, -0.2) is 30.6 Å². The van der Waals surface area contributed by atoms with E-state index in [0.717, 1.165) is 30.5 Å². The van der Waals surface area contributed by atoms with E-state index in [1.165, 1.54) is 6.07 Å². The van der Waals surface area contributed by atoms with Crippen LogP contribution in [0.25, 0.3) is 0 Å². The zero-order chi connectivity index (χ0) is 17.4. The van der Waals surface area contributed by atoms with Gasteiger partial charge in [-0.3, -0.25) is 4.79 Å². The Labute approximate surface area is 144 Å². The highest BCUT2D eigenvalue weighted by molar-refractivity contribution is 5.94. The van der Waals surface area contributed by atoms with Crippen molar-refractivity contribution in [3.05, 3.63) is 59.2 Å². The molecule has 0 unspecified atom stereocenters. The number of carbonyl (C=O) groups excluding carboxylic acids is 1. The molecule has 1 saturated heterocycles. The molecule has 2 aromatic carbocycles. The fourth-order valence-corrected chi connectivity index (χ4v) is 3.42. The lowest BCUT2D eigenvalue weighted by Crippen LogP contribution is -2.30. The third kappa shape index (κ3) is 2.92. The first-order valence-corrected chi connectivity index (χ1v) is 8.29. The summed E-state index contributed by atoms with van der Waals surface area (Å²) in [5.41, 5.74) is 1.11. The van der Waals surface area contributed by atoms with Gasteiger partial charge in [-0.25, -0.2) is 8.78 Å². The van der Waals surface area contributed by atoms with E-state index in [1.807, 2.05) is 18.2 Å². The molecular formula is C19H17F2NO3. The number of nitrogens with zero attached hydrogens (tertiary/aromatic N) is 1. The molecule has 4 nitrogen and oxygen atoms in total. The zero-order valence-corrected chi connectivity index (χ0v) is 13.5. The SMILES string of the molecule is O=C(c1ccc(F)c(F)c1)N1CCC[C@H]1c1ccc2c(c1)OCCO2. The van der Waals surface area contributed by atoms with Gasteiger partial charge in [0, 0.05) is 12.1 Å². The fourth-order valence-electron chi connectivity index (χ4n) is 3.42. The van der Waals surface area contributed by atoms with Crippen molar-refractivity contribution >= 4 is 5.91 Å². The number of fused-ring (bicyclic) bond motifs is 1. The highest BCUT2D eigenvalue weighted by Gasteiger charge is 2.31. The second-order valence-corrected chi connectivity index (χ2v) is 6.19. The Morgan fingerprint density at radius 3 is 2.60 bits per heavy atom. The second kappa shape index (κ2) is 6.35. The van der Waals surface area contributed by atoms with Crippen molar-refractivity contribution in [2.24, 2.45) is 0 Å². The van der Waals surface area contributed by atoms with E-state index >= 15 is 0 Å². The maximum atomic E-state index is 13.5. The molecule has 0 saturated carbocycles. The van der Waals surface area contributed by atoms with Gasteiger partial charge in [-0.2, -0.15) is 0 Å². The van der Waals surface area contributed by atoms with Gasteiger partial charge in [0.05, 0.1) is 6.04 Å². The van der Waals surface area contributed by atoms with Crippen LogP contribution in [0, 0.1) is 11.6 Å². The van der Waals surface area contributed by atoms with Crippen LogP contribution in [0.5, 0.6) is 11.5 Å². The number of amides is 1. The summed E-state index contributed by atoms with van der Waals surface area (Å²) in [6.45, 7) is 1.60. The molecule has 4 rings (SSSR count). The van der Waals surface area contributed by atoms with Gasteiger partial charge in [-0.1, -0.05) is 6.07 Å². The number of benzene rings is 2. The monoisotopic (exact) mass is 345 g/mol. The molecule has 1 amide bonds. The summed E-state index contributed by atoms with van der Waals surface area (Å²) >= 11 is 0. The minimum atomic E-state index is -1.01. The molecule has 25 heavy (non-hydrogen) atoms. The summed E-state index contributed by atoms with van der Waals surface area (Å²) in [6.07, 6.45) is 1.67. The van der Waals surface area contributed by atoms with Crippen molar-refractivity contribution < 1.29 is 23.0 Å². The number of rotatable bonds is 2. The average molecular weight is 345 g/mol. The molecule has 0 N–H and O–H groups in total. The van der Waals surface area contributed by atoms with Gasteiger partial charge in [-0.15, -0.1) is 0 Å². The molecule has 2 aromatic rings. The standard InChI is InChI=1S/C19H17F2NO3/c20-14-5-3-13(10-15(14)21)19(23)22-7-1-2-16(22)12-4-6-17-18(11-12)25-9-8-24-17/h3-6,10-11,16H,1-2,7-9H2/t16-/m0/s1. The Bertz CT molecular complexity index is 824. The normalized spacial score (nSPS) is 19.1. The predicted octanol–water partition coefficient (Wildman–Crippen LogP) is 3.71. The summed E-state index contributed by atoms with van der Waals surface area (Å²) in [4.78, 5) is 14.5. The molecule has 2 aliphatic rings. The van der Waals surface area contributed by atoms with E-state index in [2.05, 4.69) is 0 Å². The third-order valence-corrected chi connectivity index (χ3v) is 4.63. The Morgan fingerprint density at radius 2 is 1.80 bits per heavy atom. The van der Waals surface area contributed by atoms with Crippen molar-refractivity contribution in [2.45, 2.75) is 18.9 Å². The van der Waals surface area contributed by atoms with Crippen LogP contribution in [-0.2, 0) is 0 Å². The van der Waals surface area contributed by atoms with E-state index in [4.69, 9.17) is 9.47 Å². The largest absolute Gasteiger partial charge is 0.486 e. The summed E-state index contributed by atoms with van der Waals surface area (Å²) in [5, 5.41) is 0. The zero-order valence-electron chi connectivity index (χ0n) is 13.5. The first kappa shape index (κ1) is 15.9. The first-order chi connectivity index (χ1) is 12.1. The topological polar surface area (TPSA) is 38.8 Å². The molecule has 2 heterocycles. The van der Waals surface area contributed by atoms with E-state index < -0.39 is 11.6 Å². The van der Waals surface area contributed by atoms with Crippen molar-refractivity contribution in [1.29, 1.82) is 0 Å². The molecule has 0 aliphatic carbocycles. The molecule has 2 aliphatic heterocycles. The van der Waals surface area contributed by atoms with E-state index in [1.54, 1.807) is 4.90 Å². The fraction of sp³-hybridized carbons (Fsp3) is 0.316. The molecule has 0 bridgehead atoms. The van der Waals surface area contributed by atoms with Crippen molar-refractivity contribution in [2.75, 3.05) is 19.8 Å². The third-order valence-electron chi connectivity index (χ3n) is 4.63. The van der Waals surface area contributed by atoms with Crippen LogP contribution in [0.2, 0.25) is 0 Å². The Kier molecular flexibility index (Phi) is 4.03. The molecule has 0 radical (unpaired) electrons. The van der Waals surface area contributed by atoms with E-state index in [0.29, 0.717) is 31.3 Å². The highest BCUT2D eigenvalue weighted by Crippen LogP contribution is 2.38. The summed E-state index contributed by atoms with van der Waals surface area (Å²) in [6, 6.07) is 8.82. The number of carbonyl (C=O) groups is 1. The molecular weight excluding hydrogens is 328 g/mol. The van der Waals surface area contributed by atoms with Gasteiger partial charge in [0.2, 0.25) is 0 Å². The van der Waals surface area contributed by atoms with Crippen LogP contribution >= 0.6 is 0 Å². The van der Waals surface area contributed by atoms with Gasteiger partial charge in [0.25, 0.3) is 5.91 Å². The summed E-state index contributed by atoms with van der Waals surface area (Å²) in [5.74, 6) is -0.888. The number of likely N-dealkylation sites (tertiary alicyclic amines) is 1. The Morgan fingerprint density at radius 1 is 1.00 bits per heavy atom. The Hall–Kier alpha value is -2.63. The van der Waals surface area contributed by atoms with E-state index in [-0.39, 0.29) is 17.5 Å². The molecule has 0 aromatic heterocycles. The highest BCUT2D eigenvalue weighted by atomic mass is 19.2. The lowest BCUT2D eigenvalue weighted by Gasteiger charge is -2.27. The van der Waals surface area contributed by atoms with Gasteiger partial charge >= 0.3 is 0 Å². The summed E-state index contributed by atoms with van der Waals surface area (Å²) in [7, 11) is 0. The average Bonchev–Trinajstić information content (AvgIpc) is 3.12. The van der Waals surface area contributed by atoms with Gasteiger partial charge < -0.3 is 14.4 Å². The van der Waals surface area contributed by atoms with Crippen molar-refractivity contribution in [3.8, 4) is 11.5 Å². The lowest BCUT2D eigenvalue weighted by molar-refractivity contribution is 0.0734. The molecule has 0 spiro atoms. The lowest BCUT2D eigenvalue weighted by atomic mass is 10.0. The van der Waals surface area contributed by atoms with Crippen molar-refractivity contribution in [3.63, 3.8) is 0 Å². The van der Waals surface area contributed by atoms with Crippen LogP contribution in [0.1, 0.15) is 34.8 Å². The van der Waals surface area contributed by atoms with E-state index in [9.17, 15) is 13.6 Å². The van der Waals surface area contributed by atoms with Crippen LogP contribution in [0.4, 0.5) is 8.78 Å². The number of ether oxygens (including phenoxy) is 2. The predicted molar refractivity (Wildman–Crippen MR) is 86.8 cm³/mol. The van der Waals surface area contributed by atoms with Crippen molar-refractivity contribution in [1.82, 2.24) is 4.90 Å². The molecule has 1 fully saturated rings. The minimum Gasteiger partial charge on any atom is -0.486 e. The van der Waals surface area contributed by atoms with Crippen LogP contribution < -0.4 is 9.47 Å².